The lowest BCUT2D eigenvalue weighted by Gasteiger charge is -2.43. The summed E-state index contributed by atoms with van der Waals surface area (Å²) >= 11 is 8.80. The maximum absolute atomic E-state index is 14.0. The normalized spacial score (nSPS) is 26.1. The molecular formula is C36H29ClF3N3O6S2. The van der Waals surface area contributed by atoms with E-state index in [1.165, 1.54) is 17.0 Å². The van der Waals surface area contributed by atoms with E-state index in [1.54, 1.807) is 49.0 Å². The molecule has 3 heterocycles. The van der Waals surface area contributed by atoms with Crippen LogP contribution in [-0.4, -0.2) is 41.2 Å². The van der Waals surface area contributed by atoms with Crippen molar-refractivity contribution in [1.29, 1.82) is 0 Å². The van der Waals surface area contributed by atoms with Crippen molar-refractivity contribution in [1.82, 2.24) is 4.98 Å². The lowest BCUT2D eigenvalue weighted by Crippen LogP contribution is -2.42. The number of aromatic nitrogens is 1. The van der Waals surface area contributed by atoms with Gasteiger partial charge in [0.1, 0.15) is 0 Å². The number of benzene rings is 3. The molecule has 2 aliphatic carbocycles. The largest absolute Gasteiger partial charge is 0.490 e. The summed E-state index contributed by atoms with van der Waals surface area (Å²) in [6, 6.07) is 16.3. The fraction of sp³-hybridized carbons (Fsp3) is 0.333. The number of rotatable bonds is 8. The predicted octanol–water partition coefficient (Wildman–Crippen LogP) is 7.20. The highest BCUT2D eigenvalue weighted by Gasteiger charge is 2.69. The van der Waals surface area contributed by atoms with Crippen molar-refractivity contribution in [2.75, 3.05) is 23.4 Å². The Kier molecular flexibility index (Phi) is 8.46. The van der Waals surface area contributed by atoms with Crippen molar-refractivity contribution in [2.24, 2.45) is 29.6 Å². The fourth-order valence-electron chi connectivity index (χ4n) is 8.45. The number of halogens is 4. The molecule has 8 rings (SSSR count). The highest BCUT2D eigenvalue weighted by molar-refractivity contribution is 8.00. The van der Waals surface area contributed by atoms with E-state index in [-0.39, 0.29) is 63.7 Å². The highest BCUT2D eigenvalue weighted by Crippen LogP contribution is 2.69. The van der Waals surface area contributed by atoms with Crippen LogP contribution in [0.1, 0.15) is 35.3 Å². The smallest absolute Gasteiger partial charge is 0.416 e. The molecule has 1 saturated heterocycles. The molecule has 264 valence electrons. The molecule has 2 aliphatic heterocycles. The molecule has 9 nitrogen and oxygen atoms in total. The Morgan fingerprint density at radius 1 is 0.980 bits per heavy atom. The third-order valence-electron chi connectivity index (χ3n) is 10.3. The Morgan fingerprint density at radius 3 is 2.45 bits per heavy atom. The summed E-state index contributed by atoms with van der Waals surface area (Å²) in [5.41, 5.74) is 0.431. The quantitative estimate of drug-likeness (QED) is 0.183. The SMILES string of the molecule is CCOc1cc([C@@H]2c3sc(=O)[nH]c3S[C@@H]3[C@@H]4C[C@@H]([C@@H]5C(=O)N(c6ccc(Cl)cc6)C(=O)[C@@H]45)[C@H]23)ccc1OCC(=O)Nc1cccc(C(F)(F)F)c1. The Hall–Kier alpha value is -4.27. The van der Waals surface area contributed by atoms with Gasteiger partial charge in [-0.1, -0.05) is 35.1 Å². The molecule has 51 heavy (non-hydrogen) atoms. The van der Waals surface area contributed by atoms with Crippen LogP contribution in [0.2, 0.25) is 5.02 Å². The van der Waals surface area contributed by atoms with E-state index in [4.69, 9.17) is 21.1 Å². The Bertz CT molecular complexity index is 2120. The van der Waals surface area contributed by atoms with E-state index in [9.17, 15) is 32.3 Å². The minimum absolute atomic E-state index is 0.0170. The van der Waals surface area contributed by atoms with Crippen LogP contribution < -0.4 is 24.6 Å². The van der Waals surface area contributed by atoms with Crippen LogP contribution in [0.5, 0.6) is 11.5 Å². The highest BCUT2D eigenvalue weighted by atomic mass is 35.5. The first-order valence-corrected chi connectivity index (χ1v) is 18.4. The second-order valence-electron chi connectivity index (χ2n) is 13.0. The molecule has 2 saturated carbocycles. The molecule has 4 aliphatic rings. The van der Waals surface area contributed by atoms with Gasteiger partial charge in [-0.25, -0.2) is 0 Å². The molecule has 15 heteroatoms. The third kappa shape index (κ3) is 5.81. The molecule has 7 atom stereocenters. The molecule has 3 aromatic carbocycles. The van der Waals surface area contributed by atoms with Gasteiger partial charge in [-0.3, -0.25) is 24.1 Å². The molecule has 2 bridgehead atoms. The van der Waals surface area contributed by atoms with Gasteiger partial charge in [0.2, 0.25) is 11.8 Å². The summed E-state index contributed by atoms with van der Waals surface area (Å²) in [7, 11) is 0. The van der Waals surface area contributed by atoms with Crippen LogP contribution in [0.4, 0.5) is 24.5 Å². The minimum Gasteiger partial charge on any atom is -0.490 e. The number of thioether (sulfide) groups is 1. The number of aromatic amines is 1. The number of thiazole rings is 1. The standard InChI is InChI=1S/C36H29ClF3N3O6S2/c1-2-48-24-12-16(6-11-23(24)49-15-25(44)41-19-5-3-4-17(13-19)36(38,39)40)26-27-21-14-22(30(27)50-32-31(26)51-35(47)42-32)29-28(21)33(45)43(34(29)46)20-9-7-18(37)8-10-20/h3-13,21-22,26-30H,2,14-15H2,1H3,(H,41,44)(H,42,47)/t21-,22-,26+,27-,28+,29+,30-/m1/s1. The average Bonchev–Trinajstić information content (AvgIpc) is 3.83. The summed E-state index contributed by atoms with van der Waals surface area (Å²) in [5.74, 6) is -1.89. The monoisotopic (exact) mass is 755 g/mol. The number of hydrogen-bond acceptors (Lipinski definition) is 8. The minimum atomic E-state index is -4.55. The first-order chi connectivity index (χ1) is 24.4. The molecule has 2 N–H and O–H groups in total. The maximum atomic E-state index is 14.0. The third-order valence-corrected chi connectivity index (χ3v) is 13.1. The second kappa shape index (κ2) is 12.7. The zero-order valence-electron chi connectivity index (χ0n) is 26.7. The fourth-order valence-corrected chi connectivity index (χ4v) is 11.5. The van der Waals surface area contributed by atoms with Crippen molar-refractivity contribution >= 4 is 63.8 Å². The lowest BCUT2D eigenvalue weighted by atomic mass is 9.68. The Labute approximate surface area is 302 Å². The molecule has 1 aromatic heterocycles. The molecule has 0 unspecified atom stereocenters. The number of amides is 3. The number of nitrogens with zero attached hydrogens (tertiary/aromatic N) is 1. The Balaban J connectivity index is 1.07. The topological polar surface area (TPSA) is 118 Å². The molecular weight excluding hydrogens is 727 g/mol. The summed E-state index contributed by atoms with van der Waals surface area (Å²) in [6.45, 7) is 1.58. The van der Waals surface area contributed by atoms with Crippen LogP contribution in [0.25, 0.3) is 0 Å². The lowest BCUT2D eigenvalue weighted by molar-refractivity contribution is -0.137. The van der Waals surface area contributed by atoms with Crippen LogP contribution in [0.3, 0.4) is 0 Å². The molecule has 3 amide bonds. The van der Waals surface area contributed by atoms with Gasteiger partial charge in [0, 0.05) is 26.8 Å². The number of nitrogens with one attached hydrogen (secondary N) is 2. The molecule has 0 radical (unpaired) electrons. The van der Waals surface area contributed by atoms with Crippen molar-refractivity contribution < 1.29 is 37.0 Å². The van der Waals surface area contributed by atoms with Gasteiger partial charge in [-0.15, -0.1) is 11.8 Å². The maximum Gasteiger partial charge on any atom is 0.416 e. The first kappa shape index (κ1) is 33.9. The van der Waals surface area contributed by atoms with Crippen LogP contribution >= 0.6 is 34.7 Å². The second-order valence-corrected chi connectivity index (χ2v) is 15.6. The number of hydrogen-bond donors (Lipinski definition) is 2. The number of anilines is 2. The van der Waals surface area contributed by atoms with E-state index >= 15 is 0 Å². The van der Waals surface area contributed by atoms with E-state index < -0.39 is 36.1 Å². The van der Waals surface area contributed by atoms with Crippen molar-refractivity contribution in [3.8, 4) is 11.5 Å². The van der Waals surface area contributed by atoms with E-state index in [2.05, 4.69) is 10.3 Å². The molecule has 3 fully saturated rings. The van der Waals surface area contributed by atoms with Gasteiger partial charge in [0.15, 0.2) is 18.1 Å². The number of ether oxygens (including phenoxy) is 2. The number of fused-ring (bicyclic) bond motifs is 9. The summed E-state index contributed by atoms with van der Waals surface area (Å²) < 4.78 is 51.2. The van der Waals surface area contributed by atoms with Crippen LogP contribution in [0.15, 0.2) is 76.6 Å². The van der Waals surface area contributed by atoms with E-state index in [0.29, 0.717) is 16.5 Å². The summed E-state index contributed by atoms with van der Waals surface area (Å²) in [6.07, 6.45) is -3.83. The number of imide groups is 1. The van der Waals surface area contributed by atoms with Crippen molar-refractivity contribution in [3.05, 3.63) is 97.4 Å². The zero-order chi connectivity index (χ0) is 35.8. The van der Waals surface area contributed by atoms with Crippen molar-refractivity contribution in [2.45, 2.75) is 35.7 Å². The van der Waals surface area contributed by atoms with Crippen LogP contribution in [-0.2, 0) is 20.6 Å². The molecule has 4 aromatic rings. The van der Waals surface area contributed by atoms with Crippen LogP contribution in [0, 0.1) is 29.6 Å². The average molecular weight is 756 g/mol. The number of alkyl halides is 3. The Morgan fingerprint density at radius 2 is 1.73 bits per heavy atom. The van der Waals surface area contributed by atoms with Gasteiger partial charge in [0.25, 0.3) is 5.91 Å². The number of carbonyl (C=O) groups excluding carboxylic acids is 3. The van der Waals surface area contributed by atoms with E-state index in [0.717, 1.165) is 45.4 Å². The van der Waals surface area contributed by atoms with Gasteiger partial charge >= 0.3 is 11.0 Å². The summed E-state index contributed by atoms with van der Waals surface area (Å²) in [4.78, 5) is 58.3. The summed E-state index contributed by atoms with van der Waals surface area (Å²) in [5, 5.41) is 3.68. The first-order valence-electron chi connectivity index (χ1n) is 16.3. The van der Waals surface area contributed by atoms with Gasteiger partial charge in [-0.05, 0) is 91.3 Å². The predicted molar refractivity (Wildman–Crippen MR) is 186 cm³/mol. The van der Waals surface area contributed by atoms with Gasteiger partial charge in [-0.2, -0.15) is 13.2 Å². The zero-order valence-corrected chi connectivity index (χ0v) is 29.1. The molecule has 0 spiro atoms. The van der Waals surface area contributed by atoms with E-state index in [1.807, 2.05) is 12.1 Å². The number of H-pyrrole nitrogens is 1. The number of carbonyl (C=O) groups is 3. The van der Waals surface area contributed by atoms with Crippen molar-refractivity contribution in [3.63, 3.8) is 0 Å². The van der Waals surface area contributed by atoms with Gasteiger partial charge < -0.3 is 19.8 Å². The van der Waals surface area contributed by atoms with Gasteiger partial charge in [0.05, 0.1) is 34.7 Å².